The molecule has 0 saturated heterocycles. The van der Waals surface area contributed by atoms with Gasteiger partial charge in [0.2, 0.25) is 0 Å². The van der Waals surface area contributed by atoms with Crippen LogP contribution in [0.1, 0.15) is 22.8 Å². The van der Waals surface area contributed by atoms with Crippen LogP contribution in [-0.4, -0.2) is 27.2 Å². The second kappa shape index (κ2) is 9.71. The Morgan fingerprint density at radius 3 is 2.30 bits per heavy atom. The van der Waals surface area contributed by atoms with Gasteiger partial charge in [0.15, 0.2) is 11.5 Å². The number of benzene rings is 3. The lowest BCUT2D eigenvalue weighted by molar-refractivity contribution is 0.0728. The zero-order chi connectivity index (χ0) is 21.4. The van der Waals surface area contributed by atoms with Crippen molar-refractivity contribution in [2.24, 2.45) is 5.10 Å². The van der Waals surface area contributed by atoms with Crippen molar-refractivity contribution >= 4 is 22.2 Å². The molecule has 8 heteroatoms. The molecule has 0 fully saturated rings. The van der Waals surface area contributed by atoms with Crippen LogP contribution in [0.4, 0.5) is 0 Å². The summed E-state index contributed by atoms with van der Waals surface area (Å²) in [5.41, 5.74) is 0.981. The minimum atomic E-state index is -3.75. The monoisotopic (exact) mass is 424 g/mol. The van der Waals surface area contributed by atoms with Crippen LogP contribution in [0.3, 0.4) is 0 Å². The molecule has 0 heterocycles. The minimum Gasteiger partial charge on any atom is -0.490 e. The van der Waals surface area contributed by atoms with Gasteiger partial charge in [-0.25, -0.2) is 9.63 Å². The SMILES string of the molecule is CCOc1cc(C=NNS(=O)(=O)c2ccccc2)ccc1OC(=O)c1ccccc1. The maximum Gasteiger partial charge on any atom is 0.343 e. The Morgan fingerprint density at radius 1 is 0.967 bits per heavy atom. The average Bonchev–Trinajstić information content (AvgIpc) is 2.77. The molecule has 0 aromatic heterocycles. The van der Waals surface area contributed by atoms with Crippen molar-refractivity contribution in [2.75, 3.05) is 6.61 Å². The Morgan fingerprint density at radius 2 is 1.63 bits per heavy atom. The fourth-order valence-corrected chi connectivity index (χ4v) is 3.33. The van der Waals surface area contributed by atoms with Crippen molar-refractivity contribution in [3.63, 3.8) is 0 Å². The summed E-state index contributed by atoms with van der Waals surface area (Å²) in [5.74, 6) is 0.0953. The first kappa shape index (κ1) is 21.1. The number of carbonyl (C=O) groups is 1. The van der Waals surface area contributed by atoms with Crippen LogP contribution < -0.4 is 14.3 Å². The first-order valence-corrected chi connectivity index (χ1v) is 10.6. The van der Waals surface area contributed by atoms with Gasteiger partial charge in [0.1, 0.15) is 0 Å². The van der Waals surface area contributed by atoms with E-state index in [1.807, 2.05) is 6.07 Å². The summed E-state index contributed by atoms with van der Waals surface area (Å²) < 4.78 is 35.4. The van der Waals surface area contributed by atoms with Gasteiger partial charge in [-0.05, 0) is 55.0 Å². The van der Waals surface area contributed by atoms with Gasteiger partial charge in [-0.15, -0.1) is 0 Å². The number of carbonyl (C=O) groups excluding carboxylic acids is 1. The highest BCUT2D eigenvalue weighted by Crippen LogP contribution is 2.29. The van der Waals surface area contributed by atoms with Gasteiger partial charge >= 0.3 is 5.97 Å². The normalized spacial score (nSPS) is 11.2. The molecule has 0 spiro atoms. The van der Waals surface area contributed by atoms with E-state index < -0.39 is 16.0 Å². The molecule has 30 heavy (non-hydrogen) atoms. The molecule has 7 nitrogen and oxygen atoms in total. The smallest absolute Gasteiger partial charge is 0.343 e. The topological polar surface area (TPSA) is 94.1 Å². The van der Waals surface area contributed by atoms with E-state index in [0.717, 1.165) is 0 Å². The Bertz CT molecular complexity index is 1130. The number of ether oxygens (including phenoxy) is 2. The Kier molecular flexibility index (Phi) is 6.82. The molecule has 0 unspecified atom stereocenters. The van der Waals surface area contributed by atoms with E-state index in [-0.39, 0.29) is 10.6 Å². The third-order valence-corrected chi connectivity index (χ3v) is 5.16. The van der Waals surface area contributed by atoms with E-state index in [1.165, 1.54) is 18.3 Å². The van der Waals surface area contributed by atoms with Crippen LogP contribution in [0.5, 0.6) is 11.5 Å². The van der Waals surface area contributed by atoms with Crippen molar-refractivity contribution in [3.05, 3.63) is 90.0 Å². The molecule has 0 aliphatic carbocycles. The zero-order valence-corrected chi connectivity index (χ0v) is 17.0. The number of nitrogens with zero attached hydrogens (tertiary/aromatic N) is 1. The van der Waals surface area contributed by atoms with E-state index in [2.05, 4.69) is 9.93 Å². The molecule has 1 N–H and O–H groups in total. The molecule has 0 bridgehead atoms. The molecule has 154 valence electrons. The third kappa shape index (κ3) is 5.45. The van der Waals surface area contributed by atoms with E-state index in [9.17, 15) is 13.2 Å². The largest absolute Gasteiger partial charge is 0.490 e. The summed E-state index contributed by atoms with van der Waals surface area (Å²) >= 11 is 0. The molecule has 0 radical (unpaired) electrons. The van der Waals surface area contributed by atoms with Crippen molar-refractivity contribution in [1.82, 2.24) is 4.83 Å². The second-order valence-electron chi connectivity index (χ2n) is 6.06. The highest BCUT2D eigenvalue weighted by atomic mass is 32.2. The number of hydrogen-bond donors (Lipinski definition) is 1. The van der Waals surface area contributed by atoms with Gasteiger partial charge in [-0.2, -0.15) is 13.5 Å². The number of rotatable bonds is 8. The maximum absolute atomic E-state index is 12.3. The standard InChI is InChI=1S/C22H20N2O5S/c1-2-28-21-15-17(16-23-24-30(26,27)19-11-7-4-8-12-19)13-14-20(21)29-22(25)18-9-5-3-6-10-18/h3-16,24H,2H2,1H3. The van der Waals surface area contributed by atoms with Gasteiger partial charge in [-0.1, -0.05) is 36.4 Å². The van der Waals surface area contributed by atoms with Gasteiger partial charge in [-0.3, -0.25) is 0 Å². The minimum absolute atomic E-state index is 0.111. The summed E-state index contributed by atoms with van der Waals surface area (Å²) in [5, 5.41) is 3.80. The summed E-state index contributed by atoms with van der Waals surface area (Å²) in [6, 6.07) is 21.3. The predicted molar refractivity (Wildman–Crippen MR) is 113 cm³/mol. The number of hydrogen-bond acceptors (Lipinski definition) is 6. The van der Waals surface area contributed by atoms with Gasteiger partial charge in [0.25, 0.3) is 10.0 Å². The first-order chi connectivity index (χ1) is 14.5. The maximum atomic E-state index is 12.3. The van der Waals surface area contributed by atoms with Crippen LogP contribution in [0.25, 0.3) is 0 Å². The summed E-state index contributed by atoms with van der Waals surface area (Å²) in [4.78, 5) is 14.6. The van der Waals surface area contributed by atoms with E-state index in [4.69, 9.17) is 9.47 Å². The van der Waals surface area contributed by atoms with Crippen LogP contribution in [-0.2, 0) is 10.0 Å². The lowest BCUT2D eigenvalue weighted by Gasteiger charge is -2.11. The molecule has 3 rings (SSSR count). The van der Waals surface area contributed by atoms with Crippen molar-refractivity contribution in [1.29, 1.82) is 0 Å². The molecule has 3 aromatic rings. The van der Waals surface area contributed by atoms with E-state index in [1.54, 1.807) is 67.6 Å². The molecule has 0 amide bonds. The number of nitrogens with one attached hydrogen (secondary N) is 1. The van der Waals surface area contributed by atoms with Crippen LogP contribution in [0.2, 0.25) is 0 Å². The predicted octanol–water partition coefficient (Wildman–Crippen LogP) is 3.62. The highest BCUT2D eigenvalue weighted by molar-refractivity contribution is 7.89. The summed E-state index contributed by atoms with van der Waals surface area (Å²) in [6.07, 6.45) is 1.34. The summed E-state index contributed by atoms with van der Waals surface area (Å²) in [7, 11) is -3.75. The van der Waals surface area contributed by atoms with E-state index in [0.29, 0.717) is 23.5 Å². The molecular formula is C22H20N2O5S. The zero-order valence-electron chi connectivity index (χ0n) is 16.2. The Labute approximate surface area is 175 Å². The van der Waals surface area contributed by atoms with Crippen LogP contribution in [0.15, 0.2) is 88.9 Å². The number of esters is 1. The Hall–Kier alpha value is -3.65. The molecule has 0 aliphatic rings. The molecular weight excluding hydrogens is 404 g/mol. The lowest BCUT2D eigenvalue weighted by Crippen LogP contribution is -2.18. The first-order valence-electron chi connectivity index (χ1n) is 9.13. The van der Waals surface area contributed by atoms with Gasteiger partial charge in [0.05, 0.1) is 23.3 Å². The summed E-state index contributed by atoms with van der Waals surface area (Å²) in [6.45, 7) is 2.16. The van der Waals surface area contributed by atoms with Crippen LogP contribution in [0, 0.1) is 0 Å². The molecule has 0 aliphatic heterocycles. The lowest BCUT2D eigenvalue weighted by atomic mass is 10.2. The van der Waals surface area contributed by atoms with Gasteiger partial charge < -0.3 is 9.47 Å². The molecule has 0 atom stereocenters. The van der Waals surface area contributed by atoms with Crippen LogP contribution >= 0.6 is 0 Å². The highest BCUT2D eigenvalue weighted by Gasteiger charge is 2.14. The molecule has 3 aromatic carbocycles. The quantitative estimate of drug-likeness (QED) is 0.258. The number of sulfonamides is 1. The van der Waals surface area contributed by atoms with Gasteiger partial charge in [0, 0.05) is 0 Å². The fourth-order valence-electron chi connectivity index (χ4n) is 2.51. The third-order valence-electron chi connectivity index (χ3n) is 3.92. The average molecular weight is 424 g/mol. The number of hydrazone groups is 1. The van der Waals surface area contributed by atoms with Crippen molar-refractivity contribution < 1.29 is 22.7 Å². The molecule has 0 saturated carbocycles. The van der Waals surface area contributed by atoms with E-state index >= 15 is 0 Å². The van der Waals surface area contributed by atoms with Crippen molar-refractivity contribution in [3.8, 4) is 11.5 Å². The van der Waals surface area contributed by atoms with Crippen molar-refractivity contribution in [2.45, 2.75) is 11.8 Å². The second-order valence-corrected chi connectivity index (χ2v) is 7.72. The fraction of sp³-hybridized carbons (Fsp3) is 0.0909. The Balaban J connectivity index is 1.74.